The second-order valence-corrected chi connectivity index (χ2v) is 4.29. The average molecular weight is 241 g/mol. The van der Waals surface area contributed by atoms with Crippen LogP contribution in [-0.2, 0) is 6.54 Å². The summed E-state index contributed by atoms with van der Waals surface area (Å²) in [5.74, 6) is 0.482. The van der Waals surface area contributed by atoms with E-state index < -0.39 is 0 Å². The van der Waals surface area contributed by atoms with Crippen LogP contribution < -0.4 is 11.5 Å². The number of hydrogen-bond acceptors (Lipinski definition) is 4. The normalized spacial score (nSPS) is 11.4. The van der Waals surface area contributed by atoms with Gasteiger partial charge in [-0.2, -0.15) is 0 Å². The van der Waals surface area contributed by atoms with Gasteiger partial charge in [0.25, 0.3) is 0 Å². The van der Waals surface area contributed by atoms with Gasteiger partial charge in [0, 0.05) is 11.9 Å². The van der Waals surface area contributed by atoms with Crippen LogP contribution in [0.3, 0.4) is 0 Å². The van der Waals surface area contributed by atoms with E-state index in [0.717, 1.165) is 34.9 Å². The van der Waals surface area contributed by atoms with Crippen molar-refractivity contribution >= 4 is 27.8 Å². The van der Waals surface area contributed by atoms with Crippen LogP contribution in [0.2, 0.25) is 0 Å². The molecule has 2 heterocycles. The van der Waals surface area contributed by atoms with Crippen LogP contribution >= 0.6 is 0 Å². The summed E-state index contributed by atoms with van der Waals surface area (Å²) in [7, 11) is 0. The minimum absolute atomic E-state index is 0.482. The maximum absolute atomic E-state index is 5.95. The molecule has 5 nitrogen and oxygen atoms in total. The molecule has 3 rings (SSSR count). The van der Waals surface area contributed by atoms with Crippen molar-refractivity contribution in [3.63, 3.8) is 0 Å². The van der Waals surface area contributed by atoms with Crippen molar-refractivity contribution in [2.75, 3.05) is 12.3 Å². The van der Waals surface area contributed by atoms with E-state index in [9.17, 15) is 0 Å². The molecule has 0 fully saturated rings. The lowest BCUT2D eigenvalue weighted by atomic mass is 10.2. The van der Waals surface area contributed by atoms with Crippen molar-refractivity contribution in [2.24, 2.45) is 5.73 Å². The summed E-state index contributed by atoms with van der Waals surface area (Å²) < 4.78 is 2.10. The van der Waals surface area contributed by atoms with E-state index in [1.165, 1.54) is 0 Å². The fourth-order valence-corrected chi connectivity index (χ4v) is 2.24. The first-order valence-corrected chi connectivity index (χ1v) is 6.00. The van der Waals surface area contributed by atoms with Crippen LogP contribution in [0.15, 0.2) is 30.6 Å². The summed E-state index contributed by atoms with van der Waals surface area (Å²) in [5.41, 5.74) is 14.2. The molecule has 0 amide bonds. The van der Waals surface area contributed by atoms with Gasteiger partial charge in [-0.25, -0.2) is 9.97 Å². The Labute approximate surface area is 104 Å². The second-order valence-electron chi connectivity index (χ2n) is 4.29. The van der Waals surface area contributed by atoms with Crippen LogP contribution in [0, 0.1) is 0 Å². The first-order valence-electron chi connectivity index (χ1n) is 6.00. The highest BCUT2D eigenvalue weighted by molar-refractivity contribution is 6.06. The summed E-state index contributed by atoms with van der Waals surface area (Å²) in [5, 5.41) is 1.08. The highest BCUT2D eigenvalue weighted by Crippen LogP contribution is 2.26. The molecule has 0 unspecified atom stereocenters. The van der Waals surface area contributed by atoms with Crippen LogP contribution in [-0.4, -0.2) is 21.1 Å². The number of imidazole rings is 1. The van der Waals surface area contributed by atoms with E-state index in [0.29, 0.717) is 12.4 Å². The number of anilines is 1. The topological polar surface area (TPSA) is 82.8 Å². The Bertz CT molecular complexity index is 701. The van der Waals surface area contributed by atoms with Gasteiger partial charge in [0.05, 0.1) is 17.4 Å². The molecular weight excluding hydrogens is 226 g/mol. The average Bonchev–Trinajstić information content (AvgIpc) is 2.81. The molecule has 2 aromatic heterocycles. The molecule has 0 aliphatic rings. The van der Waals surface area contributed by atoms with Crippen LogP contribution in [0.25, 0.3) is 21.9 Å². The van der Waals surface area contributed by atoms with Crippen LogP contribution in [0.5, 0.6) is 0 Å². The van der Waals surface area contributed by atoms with E-state index in [4.69, 9.17) is 11.5 Å². The molecule has 4 N–H and O–H groups in total. The van der Waals surface area contributed by atoms with E-state index in [2.05, 4.69) is 14.5 Å². The Balaban J connectivity index is 2.33. The molecule has 92 valence electrons. The zero-order chi connectivity index (χ0) is 12.5. The van der Waals surface area contributed by atoms with Gasteiger partial charge in [-0.1, -0.05) is 18.2 Å². The Morgan fingerprint density at radius 3 is 2.89 bits per heavy atom. The predicted molar refractivity (Wildman–Crippen MR) is 73.1 cm³/mol. The monoisotopic (exact) mass is 241 g/mol. The molecule has 0 atom stereocenters. The maximum Gasteiger partial charge on any atom is 0.152 e. The van der Waals surface area contributed by atoms with Crippen molar-refractivity contribution < 1.29 is 0 Å². The van der Waals surface area contributed by atoms with Gasteiger partial charge in [0.15, 0.2) is 5.82 Å². The lowest BCUT2D eigenvalue weighted by molar-refractivity contribution is 0.667. The Kier molecular flexibility index (Phi) is 2.60. The number of nitrogens with two attached hydrogens (primary N) is 2. The minimum Gasteiger partial charge on any atom is -0.382 e. The molecule has 1 aromatic carbocycles. The van der Waals surface area contributed by atoms with Gasteiger partial charge in [0.2, 0.25) is 0 Å². The molecule has 5 heteroatoms. The number of aryl methyl sites for hydroxylation is 1. The predicted octanol–water partition coefficient (Wildman–Crippen LogP) is 1.52. The van der Waals surface area contributed by atoms with Gasteiger partial charge >= 0.3 is 0 Å². The molecule has 0 saturated carbocycles. The first-order chi connectivity index (χ1) is 8.81. The third-order valence-corrected chi connectivity index (χ3v) is 3.08. The first kappa shape index (κ1) is 11.0. The van der Waals surface area contributed by atoms with Gasteiger partial charge in [-0.3, -0.25) is 0 Å². The van der Waals surface area contributed by atoms with Crippen molar-refractivity contribution in [1.29, 1.82) is 0 Å². The zero-order valence-corrected chi connectivity index (χ0v) is 10.0. The zero-order valence-electron chi connectivity index (χ0n) is 10.0. The summed E-state index contributed by atoms with van der Waals surface area (Å²) in [6.45, 7) is 1.51. The summed E-state index contributed by atoms with van der Waals surface area (Å²) in [6, 6.07) is 7.97. The molecule has 3 aromatic rings. The molecule has 0 bridgehead atoms. The van der Waals surface area contributed by atoms with E-state index in [1.807, 2.05) is 30.6 Å². The number of pyridine rings is 1. The molecule has 0 spiro atoms. The largest absolute Gasteiger partial charge is 0.382 e. The van der Waals surface area contributed by atoms with Gasteiger partial charge in [-0.15, -0.1) is 0 Å². The standard InChI is InChI=1S/C13H15N5/c14-6-3-7-18-8-16-11-12(18)9-4-1-2-5-10(9)17-13(11)15/h1-2,4-5,8H,3,6-7,14H2,(H2,15,17). The number of fused-ring (bicyclic) bond motifs is 3. The summed E-state index contributed by atoms with van der Waals surface area (Å²) >= 11 is 0. The number of benzene rings is 1. The molecule has 0 saturated heterocycles. The molecule has 0 aliphatic heterocycles. The quantitative estimate of drug-likeness (QED) is 0.728. The summed E-state index contributed by atoms with van der Waals surface area (Å²) in [6.07, 6.45) is 2.73. The number of nitrogen functional groups attached to an aromatic ring is 1. The van der Waals surface area contributed by atoms with Gasteiger partial charge in [0.1, 0.15) is 5.52 Å². The lowest BCUT2D eigenvalue weighted by Crippen LogP contribution is -2.05. The number of para-hydroxylation sites is 1. The SMILES string of the molecule is NCCCn1cnc2c(N)nc3ccccc3c21. The fourth-order valence-electron chi connectivity index (χ4n) is 2.24. The van der Waals surface area contributed by atoms with Gasteiger partial charge < -0.3 is 16.0 Å². The smallest absolute Gasteiger partial charge is 0.152 e. The van der Waals surface area contributed by atoms with E-state index in [1.54, 1.807) is 0 Å². The third kappa shape index (κ3) is 1.60. The van der Waals surface area contributed by atoms with E-state index in [-0.39, 0.29) is 0 Å². The van der Waals surface area contributed by atoms with E-state index >= 15 is 0 Å². The summed E-state index contributed by atoms with van der Waals surface area (Å²) in [4.78, 5) is 8.73. The number of hydrogen-bond donors (Lipinski definition) is 2. The van der Waals surface area contributed by atoms with Crippen LogP contribution in [0.1, 0.15) is 6.42 Å². The lowest BCUT2D eigenvalue weighted by Gasteiger charge is -2.06. The Morgan fingerprint density at radius 1 is 1.22 bits per heavy atom. The van der Waals surface area contributed by atoms with Gasteiger partial charge in [-0.05, 0) is 19.0 Å². The minimum atomic E-state index is 0.482. The fraction of sp³-hybridized carbons (Fsp3) is 0.231. The number of rotatable bonds is 3. The molecule has 18 heavy (non-hydrogen) atoms. The highest BCUT2D eigenvalue weighted by Gasteiger charge is 2.11. The number of nitrogens with zero attached hydrogens (tertiary/aromatic N) is 3. The molecule has 0 radical (unpaired) electrons. The molecule has 0 aliphatic carbocycles. The van der Waals surface area contributed by atoms with Crippen molar-refractivity contribution in [3.05, 3.63) is 30.6 Å². The number of aromatic nitrogens is 3. The Hall–Kier alpha value is -2.14. The third-order valence-electron chi connectivity index (χ3n) is 3.08. The highest BCUT2D eigenvalue weighted by atomic mass is 15.1. The van der Waals surface area contributed by atoms with Crippen LogP contribution in [0.4, 0.5) is 5.82 Å². The van der Waals surface area contributed by atoms with Crippen molar-refractivity contribution in [1.82, 2.24) is 14.5 Å². The van der Waals surface area contributed by atoms with Crippen molar-refractivity contribution in [2.45, 2.75) is 13.0 Å². The Morgan fingerprint density at radius 2 is 2.06 bits per heavy atom. The second kappa shape index (κ2) is 4.27. The molecular formula is C13H15N5. The van der Waals surface area contributed by atoms with Crippen molar-refractivity contribution in [3.8, 4) is 0 Å². The maximum atomic E-state index is 5.95.